The number of hydrogen-bond donors (Lipinski definition) is 3. The van der Waals surface area contributed by atoms with Crippen LogP contribution in [0.5, 0.6) is 0 Å². The number of aliphatic hydroxyl groups excluding tert-OH is 2. The minimum absolute atomic E-state index is 0.186. The Labute approximate surface area is 105 Å². The average molecular weight is 251 g/mol. The molecular weight excluding hydrogens is 234 g/mol. The number of amides is 1. The van der Waals surface area contributed by atoms with Crippen molar-refractivity contribution in [3.8, 4) is 0 Å². The molecule has 0 aliphatic carbocycles. The molecule has 18 heavy (non-hydrogen) atoms. The van der Waals surface area contributed by atoms with Crippen LogP contribution in [-0.2, 0) is 4.74 Å². The number of benzene rings is 1. The monoisotopic (exact) mass is 251 g/mol. The minimum atomic E-state index is -0.949. The predicted molar refractivity (Wildman–Crippen MR) is 65.1 cm³/mol. The van der Waals surface area contributed by atoms with E-state index in [4.69, 9.17) is 4.74 Å². The quantitative estimate of drug-likeness (QED) is 0.702. The van der Waals surface area contributed by atoms with Gasteiger partial charge in [0, 0.05) is 18.7 Å². The van der Waals surface area contributed by atoms with Crippen molar-refractivity contribution in [2.75, 3.05) is 13.2 Å². The van der Waals surface area contributed by atoms with Gasteiger partial charge in [-0.2, -0.15) is 0 Å². The molecule has 3 atom stereocenters. The van der Waals surface area contributed by atoms with E-state index in [1.54, 1.807) is 24.3 Å². The summed E-state index contributed by atoms with van der Waals surface area (Å²) < 4.78 is 5.32. The average Bonchev–Trinajstić information content (AvgIpc) is 2.41. The van der Waals surface area contributed by atoms with Crippen LogP contribution in [0.15, 0.2) is 30.3 Å². The molecule has 1 aromatic rings. The number of ether oxygens (including phenoxy) is 1. The van der Waals surface area contributed by atoms with E-state index in [9.17, 15) is 15.0 Å². The van der Waals surface area contributed by atoms with Gasteiger partial charge >= 0.3 is 0 Å². The van der Waals surface area contributed by atoms with E-state index in [0.29, 0.717) is 18.6 Å². The normalized spacial score (nSPS) is 27.8. The molecule has 98 valence electrons. The Balaban J connectivity index is 1.86. The summed E-state index contributed by atoms with van der Waals surface area (Å²) in [5, 5.41) is 21.9. The Morgan fingerprint density at radius 2 is 2.06 bits per heavy atom. The van der Waals surface area contributed by atoms with Crippen LogP contribution in [0.1, 0.15) is 16.8 Å². The van der Waals surface area contributed by atoms with Crippen LogP contribution in [0.4, 0.5) is 0 Å². The SMILES string of the molecule is O=C(NCC1OCCC(O)C1O)c1ccccc1. The van der Waals surface area contributed by atoms with Crippen LogP contribution >= 0.6 is 0 Å². The van der Waals surface area contributed by atoms with Crippen molar-refractivity contribution in [2.24, 2.45) is 0 Å². The third kappa shape index (κ3) is 3.07. The molecule has 2 rings (SSSR count). The topological polar surface area (TPSA) is 78.8 Å². The highest BCUT2D eigenvalue weighted by molar-refractivity contribution is 5.94. The van der Waals surface area contributed by atoms with E-state index in [1.807, 2.05) is 6.07 Å². The van der Waals surface area contributed by atoms with E-state index in [2.05, 4.69) is 5.32 Å². The second-order valence-electron chi connectivity index (χ2n) is 4.33. The second kappa shape index (κ2) is 5.95. The number of hydrogen-bond acceptors (Lipinski definition) is 4. The molecule has 0 spiro atoms. The zero-order valence-electron chi connectivity index (χ0n) is 9.95. The fourth-order valence-corrected chi connectivity index (χ4v) is 1.92. The van der Waals surface area contributed by atoms with Crippen molar-refractivity contribution >= 4 is 5.91 Å². The summed E-state index contributed by atoms with van der Waals surface area (Å²) >= 11 is 0. The highest BCUT2D eigenvalue weighted by atomic mass is 16.5. The molecule has 3 unspecified atom stereocenters. The summed E-state index contributed by atoms with van der Waals surface area (Å²) in [6.07, 6.45) is -1.86. The maximum Gasteiger partial charge on any atom is 0.251 e. The van der Waals surface area contributed by atoms with Crippen molar-refractivity contribution in [2.45, 2.75) is 24.7 Å². The molecule has 3 N–H and O–H groups in total. The van der Waals surface area contributed by atoms with Gasteiger partial charge in [0.25, 0.3) is 5.91 Å². The summed E-state index contributed by atoms with van der Waals surface area (Å²) in [7, 11) is 0. The molecule has 1 aliphatic heterocycles. The molecule has 1 amide bonds. The summed E-state index contributed by atoms with van der Waals surface area (Å²) in [5.41, 5.74) is 0.559. The van der Waals surface area contributed by atoms with E-state index >= 15 is 0 Å². The van der Waals surface area contributed by atoms with Gasteiger partial charge in [-0.3, -0.25) is 4.79 Å². The summed E-state index contributed by atoms with van der Waals surface area (Å²) in [4.78, 5) is 11.8. The highest BCUT2D eigenvalue weighted by Gasteiger charge is 2.31. The zero-order valence-corrected chi connectivity index (χ0v) is 9.95. The van der Waals surface area contributed by atoms with Crippen molar-refractivity contribution in [1.29, 1.82) is 0 Å². The van der Waals surface area contributed by atoms with Crippen molar-refractivity contribution in [1.82, 2.24) is 5.32 Å². The minimum Gasteiger partial charge on any atom is -0.390 e. The first-order valence-corrected chi connectivity index (χ1v) is 5.99. The fraction of sp³-hybridized carbons (Fsp3) is 0.462. The lowest BCUT2D eigenvalue weighted by Crippen LogP contribution is -2.49. The predicted octanol–water partition coefficient (Wildman–Crippen LogP) is -0.0729. The van der Waals surface area contributed by atoms with Crippen LogP contribution in [0.25, 0.3) is 0 Å². The van der Waals surface area contributed by atoms with Gasteiger partial charge in [0.1, 0.15) is 12.2 Å². The van der Waals surface area contributed by atoms with Gasteiger partial charge in [0.05, 0.1) is 6.10 Å². The molecule has 1 fully saturated rings. The Morgan fingerprint density at radius 1 is 1.33 bits per heavy atom. The molecule has 1 heterocycles. The van der Waals surface area contributed by atoms with Crippen LogP contribution < -0.4 is 5.32 Å². The van der Waals surface area contributed by atoms with Crippen molar-refractivity contribution in [3.05, 3.63) is 35.9 Å². The number of aliphatic hydroxyl groups is 2. The Bertz CT molecular complexity index is 395. The van der Waals surface area contributed by atoms with Gasteiger partial charge < -0.3 is 20.3 Å². The van der Waals surface area contributed by atoms with Gasteiger partial charge in [-0.25, -0.2) is 0 Å². The van der Waals surface area contributed by atoms with Crippen LogP contribution in [0.3, 0.4) is 0 Å². The Morgan fingerprint density at radius 3 is 2.78 bits per heavy atom. The smallest absolute Gasteiger partial charge is 0.251 e. The summed E-state index contributed by atoms with van der Waals surface area (Å²) in [6.45, 7) is 0.579. The fourth-order valence-electron chi connectivity index (χ4n) is 1.92. The lowest BCUT2D eigenvalue weighted by molar-refractivity contribution is -0.132. The first kappa shape index (κ1) is 13.0. The molecule has 1 aromatic carbocycles. The Hall–Kier alpha value is -1.43. The van der Waals surface area contributed by atoms with Crippen LogP contribution in [-0.4, -0.2) is 47.6 Å². The van der Waals surface area contributed by atoms with Crippen molar-refractivity contribution in [3.63, 3.8) is 0 Å². The number of carbonyl (C=O) groups is 1. The number of rotatable bonds is 3. The molecule has 1 saturated heterocycles. The molecular formula is C13H17NO4. The third-order valence-corrected chi connectivity index (χ3v) is 3.02. The standard InChI is InChI=1S/C13H17NO4/c15-10-6-7-18-11(12(10)16)8-14-13(17)9-4-2-1-3-5-9/h1-5,10-12,15-16H,6-8H2,(H,14,17). The van der Waals surface area contributed by atoms with E-state index in [-0.39, 0.29) is 12.5 Å². The molecule has 5 nitrogen and oxygen atoms in total. The first-order chi connectivity index (χ1) is 8.68. The van der Waals surface area contributed by atoms with E-state index in [1.165, 1.54) is 0 Å². The van der Waals surface area contributed by atoms with Crippen LogP contribution in [0.2, 0.25) is 0 Å². The summed E-state index contributed by atoms with van der Waals surface area (Å²) in [5.74, 6) is -0.216. The summed E-state index contributed by atoms with van der Waals surface area (Å²) in [6, 6.07) is 8.82. The number of carbonyl (C=O) groups excluding carboxylic acids is 1. The number of nitrogens with one attached hydrogen (secondary N) is 1. The van der Waals surface area contributed by atoms with Gasteiger partial charge in [-0.15, -0.1) is 0 Å². The second-order valence-corrected chi connectivity index (χ2v) is 4.33. The lowest BCUT2D eigenvalue weighted by atomic mass is 10.0. The zero-order chi connectivity index (χ0) is 13.0. The van der Waals surface area contributed by atoms with Gasteiger partial charge in [0.15, 0.2) is 0 Å². The molecule has 5 heteroatoms. The van der Waals surface area contributed by atoms with Crippen LogP contribution in [0, 0.1) is 0 Å². The Kier molecular flexibility index (Phi) is 4.30. The molecule has 0 aromatic heterocycles. The largest absolute Gasteiger partial charge is 0.390 e. The molecule has 1 aliphatic rings. The van der Waals surface area contributed by atoms with Gasteiger partial charge in [-0.05, 0) is 18.6 Å². The van der Waals surface area contributed by atoms with Gasteiger partial charge in [-0.1, -0.05) is 18.2 Å². The molecule has 0 radical (unpaired) electrons. The van der Waals surface area contributed by atoms with Crippen molar-refractivity contribution < 1.29 is 19.7 Å². The molecule has 0 saturated carbocycles. The maximum absolute atomic E-state index is 11.8. The third-order valence-electron chi connectivity index (χ3n) is 3.02. The highest BCUT2D eigenvalue weighted by Crippen LogP contribution is 2.14. The van der Waals surface area contributed by atoms with Gasteiger partial charge in [0.2, 0.25) is 0 Å². The van der Waals surface area contributed by atoms with E-state index in [0.717, 1.165) is 0 Å². The maximum atomic E-state index is 11.8. The van der Waals surface area contributed by atoms with E-state index < -0.39 is 18.3 Å². The molecule has 0 bridgehead atoms. The first-order valence-electron chi connectivity index (χ1n) is 5.99. The lowest BCUT2D eigenvalue weighted by Gasteiger charge is -2.32.